The highest BCUT2D eigenvalue weighted by molar-refractivity contribution is 5.73. The maximum atomic E-state index is 12.5. The van der Waals surface area contributed by atoms with Crippen LogP contribution in [-0.2, 0) is 30.5 Å². The largest absolute Gasteiger partial charge is 0.480 e. The average molecular weight is 743 g/mol. The molecule has 2 saturated carbocycles. The Labute approximate surface area is 317 Å². The SMILES string of the molecule is C1CC12CC2.CC(C)C.CC(COCC1=CC=CCC1)N1CCN(CC(=O)O)CCN(CC(=O)O)CCN(C(COCc2ccccc2)C(=O)O)CC1. The van der Waals surface area contributed by atoms with E-state index in [1.807, 2.05) is 46.2 Å². The summed E-state index contributed by atoms with van der Waals surface area (Å²) in [5.41, 5.74) is 3.20. The van der Waals surface area contributed by atoms with E-state index in [-0.39, 0.29) is 32.3 Å². The van der Waals surface area contributed by atoms with E-state index in [2.05, 4.69) is 44.7 Å². The van der Waals surface area contributed by atoms with E-state index in [0.29, 0.717) is 65.6 Å². The minimum Gasteiger partial charge on any atom is -0.480 e. The molecule has 1 heterocycles. The average Bonchev–Trinajstić information content (AvgIpc) is 4.05. The molecule has 1 aliphatic heterocycles. The Morgan fingerprint density at radius 2 is 1.23 bits per heavy atom. The van der Waals surface area contributed by atoms with Gasteiger partial charge < -0.3 is 24.8 Å². The summed E-state index contributed by atoms with van der Waals surface area (Å²) >= 11 is 0. The molecule has 0 amide bonds. The molecule has 0 radical (unpaired) electrons. The van der Waals surface area contributed by atoms with Crippen LogP contribution in [0.1, 0.15) is 71.8 Å². The lowest BCUT2D eigenvalue weighted by atomic mass is 10.1. The van der Waals surface area contributed by atoms with Gasteiger partial charge in [0, 0.05) is 58.4 Å². The molecule has 2 unspecified atom stereocenters. The molecule has 1 saturated heterocycles. The molecule has 0 aromatic heterocycles. The third-order valence-electron chi connectivity index (χ3n) is 9.93. The lowest BCUT2D eigenvalue weighted by Gasteiger charge is -2.37. The zero-order valence-corrected chi connectivity index (χ0v) is 32.7. The Morgan fingerprint density at radius 3 is 1.72 bits per heavy atom. The summed E-state index contributed by atoms with van der Waals surface area (Å²) < 4.78 is 11.9. The van der Waals surface area contributed by atoms with Crippen molar-refractivity contribution in [3.8, 4) is 0 Å². The number of hydrogen-bond acceptors (Lipinski definition) is 9. The van der Waals surface area contributed by atoms with Crippen molar-refractivity contribution in [2.45, 2.75) is 84.9 Å². The number of allylic oxidation sites excluding steroid dienone is 3. The van der Waals surface area contributed by atoms with E-state index in [1.165, 1.54) is 5.57 Å². The van der Waals surface area contributed by atoms with Crippen LogP contribution in [0.3, 0.4) is 0 Å². The monoisotopic (exact) mass is 742 g/mol. The van der Waals surface area contributed by atoms with E-state index in [0.717, 1.165) is 29.7 Å². The zero-order valence-electron chi connectivity index (χ0n) is 32.7. The van der Waals surface area contributed by atoms with Crippen molar-refractivity contribution < 1.29 is 39.2 Å². The van der Waals surface area contributed by atoms with E-state index >= 15 is 0 Å². The molecule has 3 fully saturated rings. The van der Waals surface area contributed by atoms with Crippen LogP contribution >= 0.6 is 0 Å². The van der Waals surface area contributed by atoms with Crippen LogP contribution in [0.5, 0.6) is 0 Å². The lowest BCUT2D eigenvalue weighted by molar-refractivity contribution is -0.147. The Morgan fingerprint density at radius 1 is 0.717 bits per heavy atom. The lowest BCUT2D eigenvalue weighted by Crippen LogP contribution is -2.53. The summed E-state index contributed by atoms with van der Waals surface area (Å²) in [7, 11) is 0. The first-order chi connectivity index (χ1) is 25.4. The first-order valence-electron chi connectivity index (χ1n) is 19.5. The number of carbonyl (C=O) groups is 3. The molecule has 3 N–H and O–H groups in total. The molecule has 5 rings (SSSR count). The molecule has 0 bridgehead atoms. The molecular weight excluding hydrogens is 676 g/mol. The second-order valence-corrected chi connectivity index (χ2v) is 15.7. The Bertz CT molecular complexity index is 1280. The predicted octanol–water partition coefficient (Wildman–Crippen LogP) is 4.95. The molecular formula is C41H66N4O8. The van der Waals surface area contributed by atoms with Crippen molar-refractivity contribution in [3.63, 3.8) is 0 Å². The molecule has 1 aromatic carbocycles. The van der Waals surface area contributed by atoms with Gasteiger partial charge in [0.15, 0.2) is 0 Å². The van der Waals surface area contributed by atoms with Crippen LogP contribution in [-0.4, -0.2) is 150 Å². The molecule has 298 valence electrons. The molecule has 1 spiro atoms. The molecule has 12 nitrogen and oxygen atoms in total. The molecule has 4 aliphatic rings. The highest BCUT2D eigenvalue weighted by Crippen LogP contribution is 2.65. The van der Waals surface area contributed by atoms with Crippen molar-refractivity contribution in [1.29, 1.82) is 0 Å². The summed E-state index contributed by atoms with van der Waals surface area (Å²) in [6, 6.07) is 8.65. The fourth-order valence-electron chi connectivity index (χ4n) is 6.27. The Balaban J connectivity index is 0.000000728. The van der Waals surface area contributed by atoms with Gasteiger partial charge in [0.25, 0.3) is 0 Å². The zero-order chi connectivity index (χ0) is 38.6. The summed E-state index contributed by atoms with van der Waals surface area (Å²) in [4.78, 5) is 43.3. The van der Waals surface area contributed by atoms with Gasteiger partial charge in [-0.05, 0) is 67.9 Å². The predicted molar refractivity (Wildman–Crippen MR) is 207 cm³/mol. The third-order valence-corrected chi connectivity index (χ3v) is 9.93. The highest BCUT2D eigenvalue weighted by atomic mass is 16.5. The third kappa shape index (κ3) is 19.2. The smallest absolute Gasteiger partial charge is 0.323 e. The molecule has 53 heavy (non-hydrogen) atoms. The normalized spacial score (nSPS) is 20.7. The van der Waals surface area contributed by atoms with Gasteiger partial charge in [-0.25, -0.2) is 0 Å². The number of benzene rings is 1. The van der Waals surface area contributed by atoms with E-state index < -0.39 is 23.9 Å². The second-order valence-electron chi connectivity index (χ2n) is 15.7. The van der Waals surface area contributed by atoms with Gasteiger partial charge >= 0.3 is 17.9 Å². The quantitative estimate of drug-likeness (QED) is 0.224. The van der Waals surface area contributed by atoms with Crippen molar-refractivity contribution in [3.05, 3.63) is 59.7 Å². The van der Waals surface area contributed by atoms with Gasteiger partial charge in [0.05, 0.1) is 39.5 Å². The van der Waals surface area contributed by atoms with Crippen LogP contribution < -0.4 is 0 Å². The van der Waals surface area contributed by atoms with Gasteiger partial charge in [-0.2, -0.15) is 0 Å². The maximum absolute atomic E-state index is 12.5. The number of ether oxygens (including phenoxy) is 2. The van der Waals surface area contributed by atoms with Gasteiger partial charge in [-0.15, -0.1) is 0 Å². The Hall–Kier alpha value is -3.13. The molecule has 2 atom stereocenters. The maximum Gasteiger partial charge on any atom is 0.323 e. The summed E-state index contributed by atoms with van der Waals surface area (Å²) in [6.45, 7) is 12.8. The Kier molecular flexibility index (Phi) is 19.7. The van der Waals surface area contributed by atoms with Crippen LogP contribution in [0.2, 0.25) is 0 Å². The van der Waals surface area contributed by atoms with Crippen molar-refractivity contribution in [1.82, 2.24) is 19.6 Å². The first-order valence-corrected chi connectivity index (χ1v) is 19.5. The first kappa shape index (κ1) is 44.3. The minimum absolute atomic E-state index is 0.00678. The summed E-state index contributed by atoms with van der Waals surface area (Å²) in [6.07, 6.45) is 14.5. The van der Waals surface area contributed by atoms with E-state index in [1.54, 1.807) is 30.6 Å². The van der Waals surface area contributed by atoms with Crippen molar-refractivity contribution in [2.24, 2.45) is 11.3 Å². The van der Waals surface area contributed by atoms with E-state index in [9.17, 15) is 29.7 Å². The number of rotatable bonds is 15. The van der Waals surface area contributed by atoms with Gasteiger partial charge in [-0.1, -0.05) is 69.3 Å². The second kappa shape index (κ2) is 23.6. The minimum atomic E-state index is -1.000. The van der Waals surface area contributed by atoms with Gasteiger partial charge in [0.1, 0.15) is 6.04 Å². The van der Waals surface area contributed by atoms with Crippen LogP contribution in [0.15, 0.2) is 54.1 Å². The number of carboxylic acid groups (broad SMARTS) is 3. The topological polar surface area (TPSA) is 143 Å². The van der Waals surface area contributed by atoms with Crippen LogP contribution in [0, 0.1) is 11.3 Å². The summed E-state index contributed by atoms with van der Waals surface area (Å²) in [5, 5.41) is 29.2. The fraction of sp³-hybridized carbons (Fsp3) is 0.683. The van der Waals surface area contributed by atoms with Crippen LogP contribution in [0.4, 0.5) is 0 Å². The number of nitrogens with zero attached hydrogens (tertiary/aromatic N) is 4. The fourth-order valence-corrected chi connectivity index (χ4v) is 6.27. The highest BCUT2D eigenvalue weighted by Gasteiger charge is 2.52. The number of hydrogen-bond donors (Lipinski definition) is 3. The molecule has 1 aromatic rings. The number of aliphatic carboxylic acids is 3. The standard InChI is InChI=1S/C32H48N4O8.C5H8.C4H10/c1-26(22-43-23-27-8-4-2-5-9-27)35-16-14-33(20-30(37)38)12-13-34(21-31(39)40)15-17-36(19-18-35)29(32(41)42)25-44-24-28-10-6-3-7-11-28;1-2-5(1)3-4-5;1-4(2)3/h2-4,6-8,10-11,26,29H,5,9,12-25H2,1H3,(H,37,38)(H,39,40)(H,41,42);1-4H2;4H,1-3H3. The van der Waals surface area contributed by atoms with Gasteiger partial charge in [0.2, 0.25) is 0 Å². The van der Waals surface area contributed by atoms with Crippen LogP contribution in [0.25, 0.3) is 0 Å². The summed E-state index contributed by atoms with van der Waals surface area (Å²) in [5.74, 6) is -2.10. The van der Waals surface area contributed by atoms with Gasteiger partial charge in [-0.3, -0.25) is 34.0 Å². The van der Waals surface area contributed by atoms with E-state index in [4.69, 9.17) is 9.47 Å². The molecule has 3 aliphatic carbocycles. The van der Waals surface area contributed by atoms with Crippen molar-refractivity contribution >= 4 is 17.9 Å². The molecule has 12 heteroatoms. The number of carboxylic acids is 3. The van der Waals surface area contributed by atoms with Crippen molar-refractivity contribution in [2.75, 3.05) is 85.3 Å².